The number of rotatable bonds is 7. The van der Waals surface area contributed by atoms with E-state index in [-0.39, 0.29) is 11.7 Å². The molecule has 2 N–H and O–H groups in total. The summed E-state index contributed by atoms with van der Waals surface area (Å²) in [5.74, 6) is 2.08. The summed E-state index contributed by atoms with van der Waals surface area (Å²) in [6.07, 6.45) is 6.86. The molecule has 2 aliphatic carbocycles. The van der Waals surface area contributed by atoms with Crippen LogP contribution in [0.1, 0.15) is 57.9 Å². The van der Waals surface area contributed by atoms with Crippen molar-refractivity contribution in [3.05, 3.63) is 76.7 Å². The molecule has 6 rings (SSSR count). The second-order valence-corrected chi connectivity index (χ2v) is 9.70. The molecule has 0 unspecified atom stereocenters. The molecule has 3 aromatic rings. The van der Waals surface area contributed by atoms with E-state index in [0.717, 1.165) is 48.2 Å². The number of Topliss-reactive ketones (excluding diaryl/α,β-unsaturated/α-hetero) is 1. The average Bonchev–Trinajstić information content (AvgIpc) is 3.10. The van der Waals surface area contributed by atoms with Gasteiger partial charge in [-0.3, -0.25) is 14.3 Å². The zero-order valence-electron chi connectivity index (χ0n) is 18.5. The Bertz CT molecular complexity index is 1230. The quantitative estimate of drug-likeness (QED) is 0.568. The van der Waals surface area contributed by atoms with Gasteiger partial charge in [-0.1, -0.05) is 30.3 Å². The van der Waals surface area contributed by atoms with Gasteiger partial charge in [-0.15, -0.1) is 0 Å². The SMILES string of the molecule is Nc1ccc2c(n1)CC[C@H]2CC(=O)c1cnn(Cc2ccc(CN3C[C@H]4C[C@H]4C3=O)cc2)c1. The molecule has 3 heterocycles. The first kappa shape index (κ1) is 20.1. The smallest absolute Gasteiger partial charge is 0.226 e. The molecule has 2 aromatic heterocycles. The number of nitrogens with zero attached hydrogens (tertiary/aromatic N) is 4. The maximum Gasteiger partial charge on any atom is 0.226 e. The lowest BCUT2D eigenvalue weighted by Gasteiger charge is -2.18. The number of likely N-dealkylation sites (tertiary alicyclic amines) is 1. The van der Waals surface area contributed by atoms with Crippen molar-refractivity contribution in [3.8, 4) is 0 Å². The Morgan fingerprint density at radius 2 is 1.88 bits per heavy atom. The van der Waals surface area contributed by atoms with Crippen LogP contribution >= 0.6 is 0 Å². The highest BCUT2D eigenvalue weighted by Gasteiger charge is 2.51. The monoisotopic (exact) mass is 441 g/mol. The predicted octanol–water partition coefficient (Wildman–Crippen LogP) is 3.19. The topological polar surface area (TPSA) is 94.1 Å². The van der Waals surface area contributed by atoms with Gasteiger partial charge in [-0.25, -0.2) is 4.98 Å². The summed E-state index contributed by atoms with van der Waals surface area (Å²) >= 11 is 0. The molecule has 0 spiro atoms. The highest BCUT2D eigenvalue weighted by Crippen LogP contribution is 2.46. The standard InChI is InChI=1S/C26H27N5O2/c27-25-8-6-21-18(5-7-23(21)29-25)10-24(32)20-11-28-31(15-20)13-17-3-1-16(2-4-17)12-30-14-19-9-22(19)26(30)33/h1-4,6,8,11,15,18-19,22H,5,7,9-10,12-14H2,(H2,27,29)/t18-,19+,22+/m0/s1. The Morgan fingerprint density at radius 1 is 1.09 bits per heavy atom. The molecule has 7 nitrogen and oxygen atoms in total. The molecular formula is C26H27N5O2. The average molecular weight is 442 g/mol. The van der Waals surface area contributed by atoms with E-state index in [1.807, 2.05) is 27.9 Å². The molecule has 7 heteroatoms. The number of hydrogen-bond acceptors (Lipinski definition) is 5. The van der Waals surface area contributed by atoms with E-state index in [1.54, 1.807) is 6.20 Å². The fourth-order valence-electron chi connectivity index (χ4n) is 5.37. The number of hydrogen-bond donors (Lipinski definition) is 1. The molecule has 0 radical (unpaired) electrons. The third kappa shape index (κ3) is 3.92. The van der Waals surface area contributed by atoms with Gasteiger partial charge in [-0.2, -0.15) is 5.10 Å². The lowest BCUT2D eigenvalue weighted by Crippen LogP contribution is -2.27. The van der Waals surface area contributed by atoms with Crippen molar-refractivity contribution in [2.24, 2.45) is 11.8 Å². The predicted molar refractivity (Wildman–Crippen MR) is 123 cm³/mol. The minimum atomic E-state index is 0.111. The van der Waals surface area contributed by atoms with Crippen molar-refractivity contribution < 1.29 is 9.59 Å². The van der Waals surface area contributed by atoms with Crippen LogP contribution in [0.5, 0.6) is 0 Å². The van der Waals surface area contributed by atoms with Crippen molar-refractivity contribution in [1.29, 1.82) is 0 Å². The molecule has 1 aromatic carbocycles. The first-order chi connectivity index (χ1) is 16.0. The van der Waals surface area contributed by atoms with Crippen LogP contribution in [0, 0.1) is 11.8 Å². The number of aromatic nitrogens is 3. The number of fused-ring (bicyclic) bond motifs is 2. The van der Waals surface area contributed by atoms with Crippen LogP contribution in [-0.2, 0) is 24.3 Å². The molecular weight excluding hydrogens is 414 g/mol. The Morgan fingerprint density at radius 3 is 2.64 bits per heavy atom. The largest absolute Gasteiger partial charge is 0.384 e. The minimum absolute atomic E-state index is 0.111. The summed E-state index contributed by atoms with van der Waals surface area (Å²) < 4.78 is 1.81. The second-order valence-electron chi connectivity index (χ2n) is 9.70. The van der Waals surface area contributed by atoms with E-state index in [0.29, 0.717) is 48.6 Å². The van der Waals surface area contributed by atoms with Gasteiger partial charge in [0.05, 0.1) is 18.3 Å². The molecule has 2 fully saturated rings. The lowest BCUT2D eigenvalue weighted by atomic mass is 9.95. The van der Waals surface area contributed by atoms with E-state index in [9.17, 15) is 9.59 Å². The number of anilines is 1. The van der Waals surface area contributed by atoms with E-state index in [1.165, 1.54) is 0 Å². The number of amides is 1. The number of benzene rings is 1. The minimum Gasteiger partial charge on any atom is -0.384 e. The molecule has 168 valence electrons. The maximum absolute atomic E-state index is 12.9. The summed E-state index contributed by atoms with van der Waals surface area (Å²) in [7, 11) is 0. The molecule has 3 atom stereocenters. The molecule has 0 bridgehead atoms. The second kappa shape index (κ2) is 7.83. The van der Waals surface area contributed by atoms with E-state index in [4.69, 9.17) is 5.73 Å². The van der Waals surface area contributed by atoms with E-state index in [2.05, 4.69) is 34.3 Å². The van der Waals surface area contributed by atoms with Crippen LogP contribution in [-0.4, -0.2) is 37.9 Å². The van der Waals surface area contributed by atoms with E-state index >= 15 is 0 Å². The number of carbonyl (C=O) groups excluding carboxylic acids is 2. The summed E-state index contributed by atoms with van der Waals surface area (Å²) in [4.78, 5) is 31.4. The van der Waals surface area contributed by atoms with Crippen LogP contribution in [0.2, 0.25) is 0 Å². The highest BCUT2D eigenvalue weighted by atomic mass is 16.2. The van der Waals surface area contributed by atoms with Crippen molar-refractivity contribution in [3.63, 3.8) is 0 Å². The zero-order valence-corrected chi connectivity index (χ0v) is 18.5. The molecule has 3 aliphatic rings. The number of nitrogen functional groups attached to an aromatic ring is 1. The van der Waals surface area contributed by atoms with Crippen LogP contribution < -0.4 is 5.73 Å². The van der Waals surface area contributed by atoms with Crippen molar-refractivity contribution in [2.75, 3.05) is 12.3 Å². The number of piperidine rings is 1. The fourth-order valence-corrected chi connectivity index (χ4v) is 5.37. The zero-order chi connectivity index (χ0) is 22.5. The molecule has 1 saturated carbocycles. The van der Waals surface area contributed by atoms with Gasteiger partial charge in [0.15, 0.2) is 5.78 Å². The molecule has 33 heavy (non-hydrogen) atoms. The first-order valence-corrected chi connectivity index (χ1v) is 11.7. The fraction of sp³-hybridized carbons (Fsp3) is 0.385. The summed E-state index contributed by atoms with van der Waals surface area (Å²) in [6.45, 7) is 2.21. The normalized spacial score (nSPS) is 23.0. The van der Waals surface area contributed by atoms with Gasteiger partial charge in [-0.05, 0) is 53.9 Å². The van der Waals surface area contributed by atoms with E-state index < -0.39 is 0 Å². The molecule has 1 amide bonds. The van der Waals surface area contributed by atoms with Crippen molar-refractivity contribution in [1.82, 2.24) is 19.7 Å². The van der Waals surface area contributed by atoms with Gasteiger partial charge in [0.25, 0.3) is 0 Å². The van der Waals surface area contributed by atoms with Crippen LogP contribution in [0.4, 0.5) is 5.82 Å². The Hall–Kier alpha value is -3.48. The molecule has 1 saturated heterocycles. The summed E-state index contributed by atoms with van der Waals surface area (Å²) in [5.41, 5.74) is 10.9. The number of aryl methyl sites for hydroxylation is 1. The summed E-state index contributed by atoms with van der Waals surface area (Å²) in [6, 6.07) is 12.2. The van der Waals surface area contributed by atoms with Gasteiger partial charge >= 0.3 is 0 Å². The Labute approximate surface area is 192 Å². The molecule has 1 aliphatic heterocycles. The maximum atomic E-state index is 12.9. The lowest BCUT2D eigenvalue weighted by molar-refractivity contribution is -0.130. The van der Waals surface area contributed by atoms with Crippen LogP contribution in [0.15, 0.2) is 48.8 Å². The van der Waals surface area contributed by atoms with Crippen molar-refractivity contribution >= 4 is 17.5 Å². The highest BCUT2D eigenvalue weighted by molar-refractivity contribution is 5.96. The third-order valence-electron chi connectivity index (χ3n) is 7.33. The van der Waals surface area contributed by atoms with Gasteiger partial charge in [0.2, 0.25) is 5.91 Å². The Balaban J connectivity index is 1.06. The number of nitrogens with two attached hydrogens (primary N) is 1. The number of carbonyl (C=O) groups is 2. The number of ketones is 1. The number of pyridine rings is 1. The van der Waals surface area contributed by atoms with Crippen LogP contribution in [0.25, 0.3) is 0 Å². The third-order valence-corrected chi connectivity index (χ3v) is 7.33. The first-order valence-electron chi connectivity index (χ1n) is 11.7. The Kier molecular flexibility index (Phi) is 4.78. The summed E-state index contributed by atoms with van der Waals surface area (Å²) in [5, 5.41) is 4.41. The van der Waals surface area contributed by atoms with Crippen LogP contribution in [0.3, 0.4) is 0 Å². The van der Waals surface area contributed by atoms with Gasteiger partial charge in [0, 0.05) is 37.3 Å². The van der Waals surface area contributed by atoms with Crippen molar-refractivity contribution in [2.45, 2.75) is 44.7 Å². The van der Waals surface area contributed by atoms with Gasteiger partial charge in [0.1, 0.15) is 5.82 Å². The van der Waals surface area contributed by atoms with Gasteiger partial charge < -0.3 is 10.6 Å².